The summed E-state index contributed by atoms with van der Waals surface area (Å²) < 4.78 is 6.94. The molecule has 0 aliphatic carbocycles. The van der Waals surface area contributed by atoms with E-state index in [0.29, 0.717) is 32.6 Å². The van der Waals surface area contributed by atoms with Crippen LogP contribution in [0.4, 0.5) is 0 Å². The molecule has 17 heavy (non-hydrogen) atoms. The predicted octanol–water partition coefficient (Wildman–Crippen LogP) is -0.459. The Bertz CT molecular complexity index is 358. The van der Waals surface area contributed by atoms with Gasteiger partial charge in [-0.2, -0.15) is 0 Å². The number of hydrogen-bond acceptors (Lipinski definition) is 4. The average molecular weight is 239 g/mol. The molecule has 1 atom stereocenters. The summed E-state index contributed by atoms with van der Waals surface area (Å²) in [6.45, 7) is 1.72. The first-order valence-electron chi connectivity index (χ1n) is 5.71. The average Bonchev–Trinajstić information content (AvgIpc) is 2.95. The van der Waals surface area contributed by atoms with E-state index in [1.54, 1.807) is 12.5 Å². The van der Waals surface area contributed by atoms with Crippen LogP contribution in [0.15, 0.2) is 18.7 Å². The molecule has 0 spiro atoms. The van der Waals surface area contributed by atoms with E-state index in [1.165, 1.54) is 0 Å². The maximum atomic E-state index is 11.5. The number of hydrogen-bond donors (Lipinski definition) is 2. The molecule has 1 aromatic rings. The third-order valence-electron chi connectivity index (χ3n) is 2.85. The Balaban J connectivity index is 1.67. The van der Waals surface area contributed by atoms with E-state index in [2.05, 4.69) is 10.3 Å². The highest BCUT2D eigenvalue weighted by atomic mass is 16.5. The van der Waals surface area contributed by atoms with Crippen LogP contribution < -0.4 is 5.32 Å². The van der Waals surface area contributed by atoms with Crippen LogP contribution in [0.2, 0.25) is 0 Å². The predicted molar refractivity (Wildman–Crippen MR) is 60.2 cm³/mol. The highest BCUT2D eigenvalue weighted by Crippen LogP contribution is 2.16. The fourth-order valence-corrected chi connectivity index (χ4v) is 1.74. The Kier molecular flexibility index (Phi) is 3.75. The minimum Gasteiger partial charge on any atom is -0.386 e. The zero-order chi connectivity index (χ0) is 12.1. The zero-order valence-electron chi connectivity index (χ0n) is 9.63. The van der Waals surface area contributed by atoms with Crippen molar-refractivity contribution in [2.75, 3.05) is 19.8 Å². The first-order chi connectivity index (χ1) is 8.18. The lowest BCUT2D eigenvalue weighted by molar-refractivity contribution is -0.122. The number of aliphatic hydroxyl groups is 1. The molecule has 2 rings (SSSR count). The number of aryl methyl sites for hydroxylation is 1. The normalized spacial score (nSPS) is 23.8. The molecule has 2 heterocycles. The molecule has 1 aromatic heterocycles. The monoisotopic (exact) mass is 239 g/mol. The Morgan fingerprint density at radius 1 is 1.65 bits per heavy atom. The molecule has 94 valence electrons. The largest absolute Gasteiger partial charge is 0.386 e. The topological polar surface area (TPSA) is 76.4 Å². The van der Waals surface area contributed by atoms with Gasteiger partial charge in [-0.3, -0.25) is 4.79 Å². The summed E-state index contributed by atoms with van der Waals surface area (Å²) in [7, 11) is 0. The van der Waals surface area contributed by atoms with Crippen molar-refractivity contribution in [1.29, 1.82) is 0 Å². The van der Waals surface area contributed by atoms with E-state index < -0.39 is 5.60 Å². The van der Waals surface area contributed by atoms with Crippen molar-refractivity contribution >= 4 is 5.91 Å². The Hall–Kier alpha value is -1.40. The van der Waals surface area contributed by atoms with Gasteiger partial charge in [-0.15, -0.1) is 0 Å². The number of carbonyl (C=O) groups excluding carboxylic acids is 1. The maximum Gasteiger partial charge on any atom is 0.221 e. The quantitative estimate of drug-likeness (QED) is 0.729. The third kappa shape index (κ3) is 3.54. The van der Waals surface area contributed by atoms with Crippen molar-refractivity contribution in [2.24, 2.45) is 0 Å². The number of nitrogens with zero attached hydrogens (tertiary/aromatic N) is 2. The van der Waals surface area contributed by atoms with E-state index in [1.807, 2.05) is 10.8 Å². The third-order valence-corrected chi connectivity index (χ3v) is 2.85. The van der Waals surface area contributed by atoms with E-state index in [4.69, 9.17) is 4.74 Å². The van der Waals surface area contributed by atoms with E-state index in [-0.39, 0.29) is 12.5 Å². The van der Waals surface area contributed by atoms with Crippen LogP contribution in [0.1, 0.15) is 12.8 Å². The van der Waals surface area contributed by atoms with Gasteiger partial charge in [-0.25, -0.2) is 4.98 Å². The molecule has 1 amide bonds. The number of carbonyl (C=O) groups is 1. The lowest BCUT2D eigenvalue weighted by Gasteiger charge is -2.20. The van der Waals surface area contributed by atoms with Crippen LogP contribution in [-0.2, 0) is 16.1 Å². The number of rotatable bonds is 5. The van der Waals surface area contributed by atoms with E-state index in [0.717, 1.165) is 0 Å². The van der Waals surface area contributed by atoms with Gasteiger partial charge < -0.3 is 19.7 Å². The SMILES string of the molecule is O=C(CCn1ccnc1)NCC1(O)CCOC1. The van der Waals surface area contributed by atoms with Gasteiger partial charge in [0.15, 0.2) is 0 Å². The molecule has 1 unspecified atom stereocenters. The standard InChI is InChI=1S/C11H17N3O3/c15-10(1-4-14-5-3-12-9-14)13-7-11(16)2-6-17-8-11/h3,5,9,16H,1-2,4,6-8H2,(H,13,15). The van der Waals surface area contributed by atoms with Crippen molar-refractivity contribution < 1.29 is 14.6 Å². The lowest BCUT2D eigenvalue weighted by atomic mass is 10.0. The molecule has 0 bridgehead atoms. The number of aromatic nitrogens is 2. The van der Waals surface area contributed by atoms with Gasteiger partial charge in [0, 0.05) is 44.9 Å². The maximum absolute atomic E-state index is 11.5. The summed E-state index contributed by atoms with van der Waals surface area (Å²) in [5.74, 6) is -0.0703. The first kappa shape index (κ1) is 12.1. The van der Waals surface area contributed by atoms with Crippen LogP contribution in [-0.4, -0.2) is 45.9 Å². The highest BCUT2D eigenvalue weighted by Gasteiger charge is 2.32. The van der Waals surface area contributed by atoms with Crippen molar-refractivity contribution in [3.63, 3.8) is 0 Å². The molecule has 0 radical (unpaired) electrons. The molecular formula is C11H17N3O3. The fourth-order valence-electron chi connectivity index (χ4n) is 1.74. The van der Waals surface area contributed by atoms with Gasteiger partial charge in [0.2, 0.25) is 5.91 Å². The van der Waals surface area contributed by atoms with E-state index >= 15 is 0 Å². The van der Waals surface area contributed by atoms with Crippen LogP contribution in [0.5, 0.6) is 0 Å². The smallest absolute Gasteiger partial charge is 0.221 e. The van der Waals surface area contributed by atoms with Crippen molar-refractivity contribution in [3.05, 3.63) is 18.7 Å². The second kappa shape index (κ2) is 5.29. The van der Waals surface area contributed by atoms with Gasteiger partial charge in [0.1, 0.15) is 5.60 Å². The summed E-state index contributed by atoms with van der Waals surface area (Å²) >= 11 is 0. The molecule has 0 aromatic carbocycles. The van der Waals surface area contributed by atoms with Crippen LogP contribution in [0, 0.1) is 0 Å². The summed E-state index contributed by atoms with van der Waals surface area (Å²) in [6, 6.07) is 0. The Labute approximate surface area is 99.6 Å². The molecule has 6 heteroatoms. The minimum absolute atomic E-state index is 0.0703. The lowest BCUT2D eigenvalue weighted by Crippen LogP contribution is -2.43. The van der Waals surface area contributed by atoms with Crippen molar-refractivity contribution in [3.8, 4) is 0 Å². The van der Waals surface area contributed by atoms with Gasteiger partial charge in [-0.1, -0.05) is 0 Å². The molecular weight excluding hydrogens is 222 g/mol. The first-order valence-corrected chi connectivity index (χ1v) is 5.71. The van der Waals surface area contributed by atoms with Crippen LogP contribution in [0.3, 0.4) is 0 Å². The summed E-state index contributed by atoms with van der Waals surface area (Å²) in [5.41, 5.74) is -0.884. The van der Waals surface area contributed by atoms with Crippen LogP contribution >= 0.6 is 0 Å². The highest BCUT2D eigenvalue weighted by molar-refractivity contribution is 5.75. The van der Waals surface area contributed by atoms with Crippen LogP contribution in [0.25, 0.3) is 0 Å². The van der Waals surface area contributed by atoms with Gasteiger partial charge in [0.25, 0.3) is 0 Å². The Morgan fingerprint density at radius 3 is 3.18 bits per heavy atom. The number of amides is 1. The second-order valence-corrected chi connectivity index (χ2v) is 4.35. The summed E-state index contributed by atoms with van der Waals surface area (Å²) in [4.78, 5) is 15.4. The summed E-state index contributed by atoms with van der Waals surface area (Å²) in [5, 5.41) is 12.7. The van der Waals surface area contributed by atoms with Gasteiger partial charge >= 0.3 is 0 Å². The minimum atomic E-state index is -0.884. The summed E-state index contributed by atoms with van der Waals surface area (Å²) in [6.07, 6.45) is 6.12. The molecule has 1 saturated heterocycles. The van der Waals surface area contributed by atoms with Crippen molar-refractivity contribution in [2.45, 2.75) is 25.0 Å². The number of imidazole rings is 1. The second-order valence-electron chi connectivity index (χ2n) is 4.35. The molecule has 1 aliphatic heterocycles. The molecule has 2 N–H and O–H groups in total. The molecule has 1 aliphatic rings. The van der Waals surface area contributed by atoms with E-state index in [9.17, 15) is 9.90 Å². The zero-order valence-corrected chi connectivity index (χ0v) is 9.63. The van der Waals surface area contributed by atoms with Crippen molar-refractivity contribution in [1.82, 2.24) is 14.9 Å². The molecule has 6 nitrogen and oxygen atoms in total. The molecule has 1 fully saturated rings. The number of ether oxygens (including phenoxy) is 1. The van der Waals surface area contributed by atoms with Gasteiger partial charge in [0.05, 0.1) is 12.9 Å². The molecule has 0 saturated carbocycles. The number of nitrogens with one attached hydrogen (secondary N) is 1. The van der Waals surface area contributed by atoms with Gasteiger partial charge in [-0.05, 0) is 0 Å². The fraction of sp³-hybridized carbons (Fsp3) is 0.636. The Morgan fingerprint density at radius 2 is 2.53 bits per heavy atom.